The van der Waals surface area contributed by atoms with E-state index in [0.29, 0.717) is 17.6 Å². The van der Waals surface area contributed by atoms with Crippen LogP contribution in [0.1, 0.15) is 52.4 Å². The standard InChI is InChI=1S/C20H22N2O3S/c1-11-17-15(7-8-16-18(17)22-12(2)26-16)25-19(11)20(23)21-10-13-5-4-6-14(9-13)24-3/h4-6,9,16,18H,7-8,10H2,1-3H3,(H,21,23)/t16-,18+/m0/s1. The van der Waals surface area contributed by atoms with Crippen LogP contribution in [-0.4, -0.2) is 23.3 Å². The van der Waals surface area contributed by atoms with E-state index >= 15 is 0 Å². The quantitative estimate of drug-likeness (QED) is 0.882. The number of rotatable bonds is 4. The van der Waals surface area contributed by atoms with E-state index < -0.39 is 0 Å². The number of amides is 1. The van der Waals surface area contributed by atoms with Crippen molar-refractivity contribution in [3.63, 3.8) is 0 Å². The zero-order chi connectivity index (χ0) is 18.3. The van der Waals surface area contributed by atoms with Crippen molar-refractivity contribution in [2.24, 2.45) is 4.99 Å². The van der Waals surface area contributed by atoms with E-state index in [-0.39, 0.29) is 11.9 Å². The SMILES string of the molecule is COc1cccc(CNC(=O)c2oc3c(c2C)[C@@H]2N=C(C)S[C@H]2CC3)c1. The molecule has 2 aliphatic rings. The van der Waals surface area contributed by atoms with Gasteiger partial charge in [0.1, 0.15) is 11.5 Å². The lowest BCUT2D eigenvalue weighted by molar-refractivity contribution is 0.0920. The van der Waals surface area contributed by atoms with Gasteiger partial charge < -0.3 is 14.5 Å². The molecular formula is C20H22N2O3S. The largest absolute Gasteiger partial charge is 0.497 e. The number of hydrogen-bond acceptors (Lipinski definition) is 5. The van der Waals surface area contributed by atoms with Crippen LogP contribution in [0.4, 0.5) is 0 Å². The second-order valence-electron chi connectivity index (χ2n) is 6.72. The van der Waals surface area contributed by atoms with Gasteiger partial charge in [-0.15, -0.1) is 11.8 Å². The van der Waals surface area contributed by atoms with Crippen molar-refractivity contribution >= 4 is 22.7 Å². The number of ether oxygens (including phenoxy) is 1. The van der Waals surface area contributed by atoms with Crippen LogP contribution >= 0.6 is 11.8 Å². The normalized spacial score (nSPS) is 21.0. The van der Waals surface area contributed by atoms with Gasteiger partial charge in [0.15, 0.2) is 5.76 Å². The Balaban J connectivity index is 1.53. The van der Waals surface area contributed by atoms with Gasteiger partial charge in [0, 0.05) is 29.3 Å². The summed E-state index contributed by atoms with van der Waals surface area (Å²) in [5, 5.41) is 4.56. The molecule has 0 saturated carbocycles. The van der Waals surface area contributed by atoms with Crippen molar-refractivity contribution in [2.75, 3.05) is 7.11 Å². The molecule has 1 aliphatic carbocycles. The van der Waals surface area contributed by atoms with Gasteiger partial charge in [-0.3, -0.25) is 9.79 Å². The Bertz CT molecular complexity index is 887. The molecule has 0 radical (unpaired) electrons. The Morgan fingerprint density at radius 2 is 2.27 bits per heavy atom. The van der Waals surface area contributed by atoms with Crippen molar-refractivity contribution < 1.29 is 13.9 Å². The van der Waals surface area contributed by atoms with Gasteiger partial charge in [0.05, 0.1) is 18.2 Å². The number of methoxy groups -OCH3 is 1. The highest BCUT2D eigenvalue weighted by Crippen LogP contribution is 2.47. The molecule has 1 aromatic heterocycles. The molecule has 4 rings (SSSR count). The molecule has 2 heterocycles. The third-order valence-electron chi connectivity index (χ3n) is 5.01. The van der Waals surface area contributed by atoms with Crippen LogP contribution in [-0.2, 0) is 13.0 Å². The van der Waals surface area contributed by atoms with E-state index in [1.54, 1.807) is 7.11 Å². The molecule has 2 aromatic rings. The highest BCUT2D eigenvalue weighted by Gasteiger charge is 2.39. The van der Waals surface area contributed by atoms with Crippen LogP contribution in [0.2, 0.25) is 0 Å². The van der Waals surface area contributed by atoms with Crippen LogP contribution in [0.5, 0.6) is 5.75 Å². The molecule has 1 aliphatic heterocycles. The first-order valence-electron chi connectivity index (χ1n) is 8.81. The number of fused-ring (bicyclic) bond motifs is 3. The van der Waals surface area contributed by atoms with Gasteiger partial charge in [0.25, 0.3) is 5.91 Å². The first kappa shape index (κ1) is 17.2. The number of furan rings is 1. The average Bonchev–Trinajstić information content (AvgIpc) is 3.19. The van der Waals surface area contributed by atoms with E-state index in [0.717, 1.165) is 46.1 Å². The minimum Gasteiger partial charge on any atom is -0.497 e. The van der Waals surface area contributed by atoms with Crippen molar-refractivity contribution in [3.05, 3.63) is 52.5 Å². The number of carbonyl (C=O) groups is 1. The summed E-state index contributed by atoms with van der Waals surface area (Å²) in [5.74, 6) is 1.94. The number of aliphatic imine (C=N–C) groups is 1. The van der Waals surface area contributed by atoms with E-state index in [2.05, 4.69) is 12.2 Å². The first-order chi connectivity index (χ1) is 12.6. The smallest absolute Gasteiger partial charge is 0.287 e. The molecule has 1 amide bonds. The highest BCUT2D eigenvalue weighted by molar-refractivity contribution is 8.14. The predicted octanol–water partition coefficient (Wildman–Crippen LogP) is 4.05. The molecular weight excluding hydrogens is 348 g/mol. The Kier molecular flexibility index (Phi) is 4.53. The Morgan fingerprint density at radius 1 is 1.42 bits per heavy atom. The summed E-state index contributed by atoms with van der Waals surface area (Å²) in [7, 11) is 1.63. The van der Waals surface area contributed by atoms with Gasteiger partial charge in [-0.05, 0) is 38.0 Å². The molecule has 2 atom stereocenters. The molecule has 136 valence electrons. The summed E-state index contributed by atoms with van der Waals surface area (Å²) in [5.41, 5.74) is 3.04. The first-order valence-corrected chi connectivity index (χ1v) is 9.69. The van der Waals surface area contributed by atoms with Crippen molar-refractivity contribution in [2.45, 2.75) is 44.5 Å². The molecule has 0 saturated heterocycles. The molecule has 1 aromatic carbocycles. The van der Waals surface area contributed by atoms with Crippen LogP contribution in [0, 0.1) is 6.92 Å². The topological polar surface area (TPSA) is 63.8 Å². The summed E-state index contributed by atoms with van der Waals surface area (Å²) in [6.45, 7) is 4.46. The maximum Gasteiger partial charge on any atom is 0.287 e. The third kappa shape index (κ3) is 3.03. The fourth-order valence-corrected chi connectivity index (χ4v) is 4.93. The zero-order valence-electron chi connectivity index (χ0n) is 15.2. The van der Waals surface area contributed by atoms with Crippen LogP contribution in [0.25, 0.3) is 0 Å². The van der Waals surface area contributed by atoms with Gasteiger partial charge in [0.2, 0.25) is 0 Å². The zero-order valence-corrected chi connectivity index (χ0v) is 16.0. The van der Waals surface area contributed by atoms with Gasteiger partial charge >= 0.3 is 0 Å². The fraction of sp³-hybridized carbons (Fsp3) is 0.400. The minimum absolute atomic E-state index is 0.132. The number of thioether (sulfide) groups is 1. The third-order valence-corrected chi connectivity index (χ3v) is 6.25. The maximum absolute atomic E-state index is 12.7. The second kappa shape index (κ2) is 6.83. The molecule has 26 heavy (non-hydrogen) atoms. The number of nitrogens with one attached hydrogen (secondary N) is 1. The number of benzene rings is 1. The fourth-order valence-electron chi connectivity index (χ4n) is 3.75. The summed E-state index contributed by atoms with van der Waals surface area (Å²) >= 11 is 1.85. The maximum atomic E-state index is 12.7. The van der Waals surface area contributed by atoms with E-state index in [4.69, 9.17) is 14.1 Å². The molecule has 6 heteroatoms. The summed E-state index contributed by atoms with van der Waals surface area (Å²) < 4.78 is 11.2. The highest BCUT2D eigenvalue weighted by atomic mass is 32.2. The van der Waals surface area contributed by atoms with Gasteiger partial charge in [-0.1, -0.05) is 12.1 Å². The molecule has 5 nitrogen and oxygen atoms in total. The molecule has 0 spiro atoms. The lowest BCUT2D eigenvalue weighted by atomic mass is 9.90. The van der Waals surface area contributed by atoms with Gasteiger partial charge in [-0.2, -0.15) is 0 Å². The minimum atomic E-state index is -0.178. The number of carbonyl (C=O) groups excluding carboxylic acids is 1. The van der Waals surface area contributed by atoms with E-state index in [9.17, 15) is 4.79 Å². The monoisotopic (exact) mass is 370 g/mol. The van der Waals surface area contributed by atoms with Crippen molar-refractivity contribution in [3.8, 4) is 5.75 Å². The molecule has 0 fully saturated rings. The predicted molar refractivity (Wildman–Crippen MR) is 103 cm³/mol. The molecule has 1 N–H and O–H groups in total. The Morgan fingerprint density at radius 3 is 3.08 bits per heavy atom. The second-order valence-corrected chi connectivity index (χ2v) is 8.15. The Hall–Kier alpha value is -2.21. The number of aryl methyl sites for hydroxylation is 1. The Labute approximate surface area is 157 Å². The summed E-state index contributed by atoms with van der Waals surface area (Å²) in [6, 6.07) is 7.80. The van der Waals surface area contributed by atoms with Crippen LogP contribution in [0.3, 0.4) is 0 Å². The van der Waals surface area contributed by atoms with E-state index in [1.807, 2.05) is 43.0 Å². The molecule has 0 unspecified atom stereocenters. The van der Waals surface area contributed by atoms with Gasteiger partial charge in [-0.25, -0.2) is 0 Å². The van der Waals surface area contributed by atoms with Crippen molar-refractivity contribution in [1.29, 1.82) is 0 Å². The molecule has 0 bridgehead atoms. The lowest BCUT2D eigenvalue weighted by Gasteiger charge is -2.22. The van der Waals surface area contributed by atoms with Crippen LogP contribution in [0.15, 0.2) is 33.7 Å². The number of hydrogen-bond donors (Lipinski definition) is 1. The van der Waals surface area contributed by atoms with Crippen LogP contribution < -0.4 is 10.1 Å². The lowest BCUT2D eigenvalue weighted by Crippen LogP contribution is -2.23. The van der Waals surface area contributed by atoms with Crippen molar-refractivity contribution in [1.82, 2.24) is 5.32 Å². The summed E-state index contributed by atoms with van der Waals surface area (Å²) in [6.07, 6.45) is 1.91. The summed E-state index contributed by atoms with van der Waals surface area (Å²) in [4.78, 5) is 17.5. The van der Waals surface area contributed by atoms with E-state index in [1.165, 1.54) is 0 Å². The average molecular weight is 370 g/mol. The number of nitrogens with zero attached hydrogens (tertiary/aromatic N) is 1.